The average Bonchev–Trinajstić information content (AvgIpc) is 2.66. The van der Waals surface area contributed by atoms with Gasteiger partial charge in [0.1, 0.15) is 5.78 Å². The number of benzene rings is 1. The monoisotopic (exact) mass is 333 g/mol. The van der Waals surface area contributed by atoms with E-state index in [1.165, 1.54) is 28.6 Å². The zero-order chi connectivity index (χ0) is 14.3. The van der Waals surface area contributed by atoms with Gasteiger partial charge in [-0.05, 0) is 43.9 Å². The molecule has 1 unspecified atom stereocenters. The van der Waals surface area contributed by atoms with Crippen molar-refractivity contribution in [3.8, 4) is 0 Å². The van der Waals surface area contributed by atoms with E-state index in [0.29, 0.717) is 5.78 Å². The number of nitrogens with zero attached hydrogens (tertiary/aromatic N) is 1. The number of Topliss-reactive ketones (excluding diaryl/α,β-unsaturated/α-hetero) is 1. The van der Waals surface area contributed by atoms with Gasteiger partial charge in [0.2, 0.25) is 0 Å². The van der Waals surface area contributed by atoms with Gasteiger partial charge in [-0.2, -0.15) is 0 Å². The van der Waals surface area contributed by atoms with Crippen LogP contribution >= 0.6 is 15.9 Å². The molecule has 1 aliphatic rings. The first-order chi connectivity index (χ1) is 9.58. The molecule has 106 valence electrons. The van der Waals surface area contributed by atoms with E-state index < -0.39 is 0 Å². The Hall–Kier alpha value is -1.09. The minimum absolute atomic E-state index is 0.233. The fraction of sp³-hybridized carbons (Fsp3) is 0.471. The Bertz CT molecular complexity index is 671. The number of fused-ring (bicyclic) bond motifs is 1. The lowest BCUT2D eigenvalue weighted by atomic mass is 9.83. The highest BCUT2D eigenvalue weighted by atomic mass is 79.9. The summed E-state index contributed by atoms with van der Waals surface area (Å²) in [6.45, 7) is 2.16. The smallest absolute Gasteiger partial charge is 0.136 e. The van der Waals surface area contributed by atoms with Gasteiger partial charge < -0.3 is 4.57 Å². The molecule has 0 spiro atoms. The van der Waals surface area contributed by atoms with E-state index in [4.69, 9.17) is 0 Å². The largest absolute Gasteiger partial charge is 0.348 e. The van der Waals surface area contributed by atoms with Crippen molar-refractivity contribution in [2.45, 2.75) is 39.0 Å². The Labute approximate surface area is 128 Å². The van der Waals surface area contributed by atoms with Crippen molar-refractivity contribution < 1.29 is 4.79 Å². The molecule has 1 aromatic carbocycles. The maximum absolute atomic E-state index is 12.1. The fourth-order valence-electron chi connectivity index (χ4n) is 3.39. The highest BCUT2D eigenvalue weighted by Crippen LogP contribution is 2.32. The summed E-state index contributed by atoms with van der Waals surface area (Å²) >= 11 is 3.54. The maximum atomic E-state index is 12.1. The van der Waals surface area contributed by atoms with Crippen molar-refractivity contribution >= 4 is 32.6 Å². The molecule has 0 amide bonds. The van der Waals surface area contributed by atoms with Crippen LogP contribution in [0.2, 0.25) is 0 Å². The molecule has 3 rings (SSSR count). The Balaban J connectivity index is 2.02. The van der Waals surface area contributed by atoms with Gasteiger partial charge in [0, 0.05) is 40.5 Å². The second-order valence-electron chi connectivity index (χ2n) is 5.90. The minimum atomic E-state index is 0.233. The van der Waals surface area contributed by atoms with Crippen LogP contribution in [0.4, 0.5) is 0 Å². The first-order valence-corrected chi connectivity index (χ1v) is 8.13. The van der Waals surface area contributed by atoms with Gasteiger partial charge in [0.25, 0.3) is 0 Å². The molecular formula is C17H20BrNO. The summed E-state index contributed by atoms with van der Waals surface area (Å²) in [4.78, 5) is 12.1. The highest BCUT2D eigenvalue weighted by Gasteiger charge is 2.24. The van der Waals surface area contributed by atoms with Crippen molar-refractivity contribution in [3.63, 3.8) is 0 Å². The first-order valence-electron chi connectivity index (χ1n) is 7.34. The maximum Gasteiger partial charge on any atom is 0.136 e. The molecule has 1 aromatic heterocycles. The van der Waals surface area contributed by atoms with E-state index in [9.17, 15) is 4.79 Å². The van der Waals surface area contributed by atoms with E-state index in [1.807, 2.05) is 0 Å². The molecule has 1 saturated carbocycles. The van der Waals surface area contributed by atoms with Crippen molar-refractivity contribution in [3.05, 3.63) is 33.9 Å². The number of aromatic nitrogens is 1. The molecule has 1 atom stereocenters. The van der Waals surface area contributed by atoms with Crippen LogP contribution in [-0.2, 0) is 18.3 Å². The third kappa shape index (κ3) is 2.32. The number of aryl methyl sites for hydroxylation is 1. The summed E-state index contributed by atoms with van der Waals surface area (Å²) in [5, 5.41) is 1.30. The van der Waals surface area contributed by atoms with E-state index in [2.05, 4.69) is 52.7 Å². The highest BCUT2D eigenvalue weighted by molar-refractivity contribution is 9.10. The number of hydrogen-bond acceptors (Lipinski definition) is 1. The number of halogens is 1. The topological polar surface area (TPSA) is 22.0 Å². The van der Waals surface area contributed by atoms with Gasteiger partial charge in [0.15, 0.2) is 0 Å². The lowest BCUT2D eigenvalue weighted by Crippen LogP contribution is -2.21. The summed E-state index contributed by atoms with van der Waals surface area (Å²) in [5.74, 6) is 0.696. The van der Waals surface area contributed by atoms with Crippen LogP contribution in [-0.4, -0.2) is 10.4 Å². The normalized spacial score (nSPS) is 19.8. The van der Waals surface area contributed by atoms with Crippen LogP contribution in [0.3, 0.4) is 0 Å². The number of carbonyl (C=O) groups excluding carboxylic acids is 1. The van der Waals surface area contributed by atoms with E-state index in [0.717, 1.165) is 30.2 Å². The number of rotatable bonds is 2. The fourth-order valence-corrected chi connectivity index (χ4v) is 3.74. The van der Waals surface area contributed by atoms with E-state index in [-0.39, 0.29) is 5.92 Å². The molecule has 1 fully saturated rings. The molecule has 0 aliphatic heterocycles. The molecule has 0 bridgehead atoms. The minimum Gasteiger partial charge on any atom is -0.348 e. The second kappa shape index (κ2) is 5.36. The van der Waals surface area contributed by atoms with Gasteiger partial charge in [-0.25, -0.2) is 0 Å². The Morgan fingerprint density at radius 2 is 2.15 bits per heavy atom. The van der Waals surface area contributed by atoms with Crippen LogP contribution in [0.25, 0.3) is 10.9 Å². The van der Waals surface area contributed by atoms with Crippen molar-refractivity contribution in [2.75, 3.05) is 0 Å². The van der Waals surface area contributed by atoms with Gasteiger partial charge in [-0.15, -0.1) is 0 Å². The van der Waals surface area contributed by atoms with Gasteiger partial charge in [-0.1, -0.05) is 28.4 Å². The molecule has 1 aliphatic carbocycles. The van der Waals surface area contributed by atoms with Crippen LogP contribution in [0, 0.1) is 12.8 Å². The predicted octanol–water partition coefficient (Wildman–Crippen LogP) is 4.55. The lowest BCUT2D eigenvalue weighted by Gasteiger charge is -2.20. The van der Waals surface area contributed by atoms with Crippen molar-refractivity contribution in [1.29, 1.82) is 0 Å². The van der Waals surface area contributed by atoms with Crippen LogP contribution in [0.1, 0.15) is 36.9 Å². The van der Waals surface area contributed by atoms with E-state index in [1.54, 1.807) is 0 Å². The molecule has 1 heterocycles. The summed E-state index contributed by atoms with van der Waals surface area (Å²) in [6, 6.07) is 6.43. The number of carbonyl (C=O) groups is 1. The first kappa shape index (κ1) is 13.9. The average molecular weight is 334 g/mol. The molecule has 0 N–H and O–H groups in total. The molecule has 2 nitrogen and oxygen atoms in total. The molecule has 2 aromatic rings. The summed E-state index contributed by atoms with van der Waals surface area (Å²) in [7, 11) is 2.11. The van der Waals surface area contributed by atoms with E-state index >= 15 is 0 Å². The van der Waals surface area contributed by atoms with Crippen LogP contribution < -0.4 is 0 Å². The predicted molar refractivity (Wildman–Crippen MR) is 86.0 cm³/mol. The van der Waals surface area contributed by atoms with Crippen LogP contribution in [0.15, 0.2) is 22.7 Å². The zero-order valence-electron chi connectivity index (χ0n) is 12.1. The number of hydrogen-bond donors (Lipinski definition) is 0. The third-order valence-corrected chi connectivity index (χ3v) is 5.21. The van der Waals surface area contributed by atoms with Crippen molar-refractivity contribution in [2.24, 2.45) is 13.0 Å². The van der Waals surface area contributed by atoms with Crippen LogP contribution in [0.5, 0.6) is 0 Å². The molecule has 0 saturated heterocycles. The second-order valence-corrected chi connectivity index (χ2v) is 6.81. The number of ketones is 1. The molecule has 0 radical (unpaired) electrons. The molecule has 3 heteroatoms. The van der Waals surface area contributed by atoms with Gasteiger partial charge >= 0.3 is 0 Å². The lowest BCUT2D eigenvalue weighted by molar-refractivity contribution is -0.124. The Kier molecular flexibility index (Phi) is 3.72. The van der Waals surface area contributed by atoms with Crippen molar-refractivity contribution in [1.82, 2.24) is 4.57 Å². The standard InChI is InChI=1S/C17H20BrNO/c1-11-15(9-12-5-3-4-6-17(12)20)14-8-7-13(18)10-16(14)19(11)2/h7-8,10,12H,3-6,9H2,1-2H3. The third-order valence-electron chi connectivity index (χ3n) is 4.72. The Morgan fingerprint density at radius 3 is 2.90 bits per heavy atom. The summed E-state index contributed by atoms with van der Waals surface area (Å²) < 4.78 is 3.34. The molecular weight excluding hydrogens is 314 g/mol. The molecule has 20 heavy (non-hydrogen) atoms. The summed E-state index contributed by atoms with van der Waals surface area (Å²) in [6.07, 6.45) is 5.03. The summed E-state index contributed by atoms with van der Waals surface area (Å²) in [5.41, 5.74) is 3.89. The Morgan fingerprint density at radius 1 is 1.35 bits per heavy atom. The SMILES string of the molecule is Cc1c(CC2CCCCC2=O)c2ccc(Br)cc2n1C. The quantitative estimate of drug-likeness (QED) is 0.790. The zero-order valence-corrected chi connectivity index (χ0v) is 13.7. The van der Waals surface area contributed by atoms with Gasteiger partial charge in [0.05, 0.1) is 0 Å². The van der Waals surface area contributed by atoms with Gasteiger partial charge in [-0.3, -0.25) is 4.79 Å².